The monoisotopic (exact) mass is 447 g/mol. The molecule has 2 fully saturated rings. The second-order valence-corrected chi connectivity index (χ2v) is 8.95. The number of ether oxygens (including phenoxy) is 2. The first-order chi connectivity index (χ1) is 16.2. The van der Waals surface area contributed by atoms with Gasteiger partial charge in [0.2, 0.25) is 5.82 Å². The molecule has 5 heterocycles. The maximum Gasteiger partial charge on any atom is 0.203 e. The molecule has 0 spiro atoms. The fraction of sp³-hybridized carbons (Fsp3) is 0.458. The van der Waals surface area contributed by atoms with Gasteiger partial charge in [0.25, 0.3) is 0 Å². The lowest BCUT2D eigenvalue weighted by Gasteiger charge is -2.34. The van der Waals surface area contributed by atoms with Gasteiger partial charge in [-0.25, -0.2) is 4.98 Å². The molecule has 0 radical (unpaired) electrons. The van der Waals surface area contributed by atoms with Crippen LogP contribution in [0.2, 0.25) is 0 Å². The van der Waals surface area contributed by atoms with Crippen LogP contribution < -0.4 is 9.64 Å². The van der Waals surface area contributed by atoms with E-state index in [1.165, 1.54) is 5.69 Å². The second kappa shape index (κ2) is 8.74. The maximum absolute atomic E-state index is 6.01. The Hall–Kier alpha value is -3.01. The predicted octanol–water partition coefficient (Wildman–Crippen LogP) is 1.81. The third-order valence-corrected chi connectivity index (χ3v) is 6.68. The lowest BCUT2D eigenvalue weighted by atomic mass is 10.1. The molecule has 0 saturated carbocycles. The molecule has 0 bridgehead atoms. The normalized spacial score (nSPS) is 19.1. The van der Waals surface area contributed by atoms with E-state index >= 15 is 0 Å². The molecule has 9 heteroatoms. The van der Waals surface area contributed by atoms with Crippen molar-refractivity contribution in [2.75, 3.05) is 64.4 Å². The Kier molecular flexibility index (Phi) is 5.45. The molecule has 2 aromatic heterocycles. The van der Waals surface area contributed by atoms with Crippen molar-refractivity contribution >= 4 is 5.69 Å². The summed E-state index contributed by atoms with van der Waals surface area (Å²) < 4.78 is 13.5. The zero-order valence-electron chi connectivity index (χ0n) is 19.0. The Morgan fingerprint density at radius 2 is 1.73 bits per heavy atom. The van der Waals surface area contributed by atoms with E-state index in [1.807, 2.05) is 10.6 Å². The summed E-state index contributed by atoms with van der Waals surface area (Å²) in [6, 6.07) is 10.6. The highest BCUT2D eigenvalue weighted by atomic mass is 16.5. The molecule has 0 aliphatic carbocycles. The van der Waals surface area contributed by atoms with Gasteiger partial charge in [-0.05, 0) is 19.2 Å². The summed E-state index contributed by atoms with van der Waals surface area (Å²) in [5.74, 6) is 2.31. The Morgan fingerprint density at radius 1 is 0.939 bits per heavy atom. The van der Waals surface area contributed by atoms with Crippen LogP contribution in [-0.2, 0) is 17.9 Å². The first-order valence-electron chi connectivity index (χ1n) is 11.6. The van der Waals surface area contributed by atoms with Crippen molar-refractivity contribution in [2.45, 2.75) is 13.2 Å². The van der Waals surface area contributed by atoms with Crippen molar-refractivity contribution in [2.24, 2.45) is 0 Å². The van der Waals surface area contributed by atoms with E-state index in [4.69, 9.17) is 14.5 Å². The van der Waals surface area contributed by atoms with Gasteiger partial charge in [0.05, 0.1) is 24.6 Å². The lowest BCUT2D eigenvalue weighted by Crippen LogP contribution is -2.44. The molecule has 3 aromatic rings. The Labute approximate surface area is 193 Å². The zero-order valence-corrected chi connectivity index (χ0v) is 19.0. The predicted molar refractivity (Wildman–Crippen MR) is 125 cm³/mol. The Bertz CT molecular complexity index is 1120. The van der Waals surface area contributed by atoms with E-state index in [-0.39, 0.29) is 0 Å². The Morgan fingerprint density at radius 3 is 2.52 bits per heavy atom. The molecule has 3 aliphatic rings. The number of anilines is 1. The van der Waals surface area contributed by atoms with Gasteiger partial charge < -0.3 is 19.3 Å². The van der Waals surface area contributed by atoms with Crippen LogP contribution in [0.1, 0.15) is 11.5 Å². The van der Waals surface area contributed by atoms with E-state index in [0.29, 0.717) is 12.4 Å². The number of piperazine rings is 1. The summed E-state index contributed by atoms with van der Waals surface area (Å²) in [7, 11) is 2.18. The van der Waals surface area contributed by atoms with Gasteiger partial charge in [0.15, 0.2) is 11.6 Å². The van der Waals surface area contributed by atoms with Crippen LogP contribution in [-0.4, -0.2) is 89.1 Å². The first kappa shape index (κ1) is 20.6. The number of imidazole rings is 1. The first-order valence-corrected chi connectivity index (χ1v) is 11.6. The fourth-order valence-electron chi connectivity index (χ4n) is 4.65. The van der Waals surface area contributed by atoms with Crippen molar-refractivity contribution in [1.29, 1.82) is 0 Å². The van der Waals surface area contributed by atoms with E-state index < -0.39 is 0 Å². The molecule has 0 N–H and O–H groups in total. The van der Waals surface area contributed by atoms with Crippen molar-refractivity contribution in [3.63, 3.8) is 0 Å². The molecule has 3 aliphatic heterocycles. The minimum atomic E-state index is 0.434. The molecular formula is C24H29N7O2. The average Bonchev–Trinajstić information content (AvgIpc) is 3.28. The number of rotatable bonds is 4. The summed E-state index contributed by atoms with van der Waals surface area (Å²) in [4.78, 5) is 11.9. The lowest BCUT2D eigenvalue weighted by molar-refractivity contribution is 0.0337. The van der Waals surface area contributed by atoms with E-state index in [1.54, 1.807) is 0 Å². The second-order valence-electron chi connectivity index (χ2n) is 8.95. The molecule has 0 atom stereocenters. The van der Waals surface area contributed by atoms with Crippen LogP contribution in [0.3, 0.4) is 0 Å². The SMILES string of the molecule is CN1CCN(c2ccc(-c3cc4c(nn3)-n3cc(CN5CCOCC5)nc3CO4)cc2)CC1. The molecule has 2 saturated heterocycles. The molecular weight excluding hydrogens is 418 g/mol. The molecule has 9 nitrogen and oxygen atoms in total. The standard InChI is InChI=1S/C24H29N7O2/c1-28-6-8-30(9-7-28)20-4-2-18(3-5-20)21-14-22-24(27-26-21)31-16-19(25-23(31)17-33-22)15-29-10-12-32-13-11-29/h2-5,14,16H,6-13,15,17H2,1H3. The minimum absolute atomic E-state index is 0.434. The number of morpholine rings is 1. The number of benzene rings is 1. The minimum Gasteiger partial charge on any atom is -0.482 e. The van der Waals surface area contributed by atoms with Gasteiger partial charge in [-0.2, -0.15) is 0 Å². The molecule has 172 valence electrons. The molecule has 0 amide bonds. The van der Waals surface area contributed by atoms with Crippen LogP contribution in [0.5, 0.6) is 5.75 Å². The van der Waals surface area contributed by atoms with Crippen LogP contribution in [0, 0.1) is 0 Å². The average molecular weight is 448 g/mol. The third kappa shape index (κ3) is 4.19. The van der Waals surface area contributed by atoms with E-state index in [2.05, 4.69) is 62.4 Å². The van der Waals surface area contributed by atoms with Gasteiger partial charge in [-0.15, -0.1) is 10.2 Å². The number of likely N-dealkylation sites (N-methyl/N-ethyl adjacent to an activating group) is 1. The van der Waals surface area contributed by atoms with Crippen LogP contribution >= 0.6 is 0 Å². The highest BCUT2D eigenvalue weighted by molar-refractivity contribution is 5.65. The molecule has 6 rings (SSSR count). The zero-order chi connectivity index (χ0) is 22.2. The fourth-order valence-corrected chi connectivity index (χ4v) is 4.65. The summed E-state index contributed by atoms with van der Waals surface area (Å²) in [5.41, 5.74) is 4.13. The third-order valence-electron chi connectivity index (χ3n) is 6.68. The van der Waals surface area contributed by atoms with Crippen LogP contribution in [0.15, 0.2) is 36.5 Å². The summed E-state index contributed by atoms with van der Waals surface area (Å²) in [6.45, 7) is 8.99. The van der Waals surface area contributed by atoms with Gasteiger partial charge in [-0.3, -0.25) is 9.47 Å². The highest BCUT2D eigenvalue weighted by Gasteiger charge is 2.23. The number of nitrogens with zero attached hydrogens (tertiary/aromatic N) is 7. The van der Waals surface area contributed by atoms with Crippen LogP contribution in [0.4, 0.5) is 5.69 Å². The van der Waals surface area contributed by atoms with Gasteiger partial charge >= 0.3 is 0 Å². The molecule has 33 heavy (non-hydrogen) atoms. The number of fused-ring (bicyclic) bond motifs is 3. The molecule has 0 unspecified atom stereocenters. The summed E-state index contributed by atoms with van der Waals surface area (Å²) >= 11 is 0. The summed E-state index contributed by atoms with van der Waals surface area (Å²) in [6.07, 6.45) is 2.06. The van der Waals surface area contributed by atoms with Crippen molar-refractivity contribution < 1.29 is 9.47 Å². The topological polar surface area (TPSA) is 71.8 Å². The smallest absolute Gasteiger partial charge is 0.203 e. The number of hydrogen-bond acceptors (Lipinski definition) is 8. The highest BCUT2D eigenvalue weighted by Crippen LogP contribution is 2.32. The van der Waals surface area contributed by atoms with E-state index in [9.17, 15) is 0 Å². The number of hydrogen-bond donors (Lipinski definition) is 0. The van der Waals surface area contributed by atoms with Crippen LogP contribution in [0.25, 0.3) is 17.1 Å². The number of aromatic nitrogens is 4. The largest absolute Gasteiger partial charge is 0.482 e. The van der Waals surface area contributed by atoms with Gasteiger partial charge in [0, 0.05) is 69.3 Å². The maximum atomic E-state index is 6.01. The van der Waals surface area contributed by atoms with Crippen molar-refractivity contribution in [3.8, 4) is 22.8 Å². The Balaban J connectivity index is 1.20. The summed E-state index contributed by atoms with van der Waals surface area (Å²) in [5, 5.41) is 9.03. The molecule has 1 aromatic carbocycles. The van der Waals surface area contributed by atoms with Gasteiger partial charge in [0.1, 0.15) is 6.61 Å². The quantitative estimate of drug-likeness (QED) is 0.600. The van der Waals surface area contributed by atoms with Crippen molar-refractivity contribution in [3.05, 3.63) is 48.0 Å². The van der Waals surface area contributed by atoms with Gasteiger partial charge in [-0.1, -0.05) is 12.1 Å². The van der Waals surface area contributed by atoms with E-state index in [0.717, 1.165) is 87.6 Å². The van der Waals surface area contributed by atoms with Crippen molar-refractivity contribution in [1.82, 2.24) is 29.5 Å².